The second-order valence-corrected chi connectivity index (χ2v) is 5.94. The molecule has 0 aliphatic carbocycles. The van der Waals surface area contributed by atoms with E-state index in [-0.39, 0.29) is 0 Å². The van der Waals surface area contributed by atoms with Crippen molar-refractivity contribution < 1.29 is 4.74 Å². The summed E-state index contributed by atoms with van der Waals surface area (Å²) in [5, 5.41) is 5.67. The van der Waals surface area contributed by atoms with Crippen molar-refractivity contribution in [1.29, 1.82) is 0 Å². The summed E-state index contributed by atoms with van der Waals surface area (Å²) in [6, 6.07) is 5.05. The molecule has 2 heterocycles. The van der Waals surface area contributed by atoms with E-state index in [0.29, 0.717) is 0 Å². The second kappa shape index (κ2) is 7.89. The summed E-state index contributed by atoms with van der Waals surface area (Å²) in [4.78, 5) is 3.95. The van der Waals surface area contributed by atoms with Gasteiger partial charge in [0.1, 0.15) is 0 Å². The zero-order valence-corrected chi connectivity index (χ0v) is 12.0. The van der Waals surface area contributed by atoms with Gasteiger partial charge in [-0.1, -0.05) is 6.07 Å². The summed E-state index contributed by atoms with van der Waals surface area (Å²) in [5.74, 6) is 0. The molecule has 2 rings (SSSR count). The van der Waals surface area contributed by atoms with E-state index >= 15 is 0 Å². The first kappa shape index (κ1) is 14.0. The van der Waals surface area contributed by atoms with Crippen LogP contribution in [0, 0.1) is 0 Å². The predicted molar refractivity (Wildman–Crippen MR) is 77.4 cm³/mol. The first-order chi connectivity index (χ1) is 8.86. The van der Waals surface area contributed by atoms with Gasteiger partial charge in [-0.3, -0.25) is 0 Å². The Morgan fingerprint density at radius 2 is 2.22 bits per heavy atom. The van der Waals surface area contributed by atoms with Gasteiger partial charge in [0.2, 0.25) is 0 Å². The SMILES string of the molecule is CN(CCNCCc1cccs1)C1CCOCC1. The molecule has 0 bridgehead atoms. The highest BCUT2D eigenvalue weighted by atomic mass is 32.1. The van der Waals surface area contributed by atoms with E-state index in [1.165, 1.54) is 17.7 Å². The Kier molecular flexibility index (Phi) is 6.14. The highest BCUT2D eigenvalue weighted by Gasteiger charge is 2.17. The number of rotatable bonds is 7. The van der Waals surface area contributed by atoms with Gasteiger partial charge in [-0.2, -0.15) is 0 Å². The van der Waals surface area contributed by atoms with Gasteiger partial charge in [-0.25, -0.2) is 0 Å². The van der Waals surface area contributed by atoms with Crippen LogP contribution < -0.4 is 5.32 Å². The quantitative estimate of drug-likeness (QED) is 0.766. The monoisotopic (exact) mass is 268 g/mol. The fraction of sp³-hybridized carbons (Fsp3) is 0.714. The Morgan fingerprint density at radius 3 is 2.94 bits per heavy atom. The molecular formula is C14H24N2OS. The van der Waals surface area contributed by atoms with Gasteiger partial charge >= 0.3 is 0 Å². The molecule has 0 spiro atoms. The Hall–Kier alpha value is -0.420. The lowest BCUT2D eigenvalue weighted by Crippen LogP contribution is -2.40. The molecular weight excluding hydrogens is 244 g/mol. The number of nitrogens with one attached hydrogen (secondary N) is 1. The molecule has 0 saturated carbocycles. The molecule has 1 aliphatic rings. The molecule has 1 aromatic heterocycles. The average Bonchev–Trinajstić information content (AvgIpc) is 2.92. The van der Waals surface area contributed by atoms with Crippen molar-refractivity contribution in [1.82, 2.24) is 10.2 Å². The van der Waals surface area contributed by atoms with Gasteiger partial charge < -0.3 is 15.0 Å². The zero-order valence-electron chi connectivity index (χ0n) is 11.2. The standard InChI is InChI=1S/C14H24N2OS/c1-16(13-5-10-17-11-6-13)9-8-15-7-4-14-3-2-12-18-14/h2-3,12-13,15H,4-11H2,1H3. The Labute approximate surface area is 114 Å². The Morgan fingerprint density at radius 1 is 1.39 bits per heavy atom. The van der Waals surface area contributed by atoms with E-state index in [9.17, 15) is 0 Å². The molecule has 4 heteroatoms. The smallest absolute Gasteiger partial charge is 0.0480 e. The molecule has 1 aliphatic heterocycles. The van der Waals surface area contributed by atoms with Gasteiger partial charge in [-0.15, -0.1) is 11.3 Å². The summed E-state index contributed by atoms with van der Waals surface area (Å²) in [7, 11) is 2.23. The average molecular weight is 268 g/mol. The minimum atomic E-state index is 0.720. The van der Waals surface area contributed by atoms with Gasteiger partial charge in [0.05, 0.1) is 0 Å². The summed E-state index contributed by atoms with van der Waals surface area (Å²) in [6.45, 7) is 5.16. The fourth-order valence-corrected chi connectivity index (χ4v) is 3.06. The summed E-state index contributed by atoms with van der Waals surface area (Å²) in [6.07, 6.45) is 3.52. The maximum atomic E-state index is 5.39. The zero-order chi connectivity index (χ0) is 12.6. The van der Waals surface area contributed by atoms with Crippen molar-refractivity contribution in [2.24, 2.45) is 0 Å². The molecule has 0 amide bonds. The number of hydrogen-bond acceptors (Lipinski definition) is 4. The Bertz CT molecular complexity index is 310. The highest BCUT2D eigenvalue weighted by molar-refractivity contribution is 7.09. The van der Waals surface area contributed by atoms with Gasteiger partial charge in [-0.05, 0) is 37.8 Å². The first-order valence-electron chi connectivity index (χ1n) is 6.87. The molecule has 0 atom stereocenters. The lowest BCUT2D eigenvalue weighted by atomic mass is 10.1. The highest BCUT2D eigenvalue weighted by Crippen LogP contribution is 2.12. The van der Waals surface area contributed by atoms with Crippen LogP contribution in [0.5, 0.6) is 0 Å². The van der Waals surface area contributed by atoms with E-state index in [1.54, 1.807) is 0 Å². The third kappa shape index (κ3) is 4.69. The summed E-state index contributed by atoms with van der Waals surface area (Å²) >= 11 is 1.85. The third-order valence-corrected chi connectivity index (χ3v) is 4.52. The predicted octanol–water partition coefficient (Wildman–Crippen LogP) is 1.99. The van der Waals surface area contributed by atoms with Gasteiger partial charge in [0.15, 0.2) is 0 Å². The number of hydrogen-bond donors (Lipinski definition) is 1. The van der Waals surface area contributed by atoms with Crippen molar-refractivity contribution in [2.75, 3.05) is 39.9 Å². The lowest BCUT2D eigenvalue weighted by Gasteiger charge is -2.31. The number of nitrogens with zero attached hydrogens (tertiary/aromatic N) is 1. The molecule has 0 radical (unpaired) electrons. The molecule has 1 aromatic rings. The van der Waals surface area contributed by atoms with Crippen molar-refractivity contribution in [2.45, 2.75) is 25.3 Å². The molecule has 0 unspecified atom stereocenters. The maximum Gasteiger partial charge on any atom is 0.0480 e. The van der Waals surface area contributed by atoms with Crippen LogP contribution in [0.25, 0.3) is 0 Å². The largest absolute Gasteiger partial charge is 0.381 e. The first-order valence-corrected chi connectivity index (χ1v) is 7.75. The minimum absolute atomic E-state index is 0.720. The minimum Gasteiger partial charge on any atom is -0.381 e. The van der Waals surface area contributed by atoms with Gasteiger partial charge in [0.25, 0.3) is 0 Å². The van der Waals surface area contributed by atoms with E-state index in [0.717, 1.165) is 45.3 Å². The van der Waals surface area contributed by atoms with Crippen LogP contribution in [0.1, 0.15) is 17.7 Å². The van der Waals surface area contributed by atoms with Crippen LogP contribution in [0.15, 0.2) is 17.5 Å². The molecule has 0 aromatic carbocycles. The van der Waals surface area contributed by atoms with Crippen LogP contribution in [0.4, 0.5) is 0 Å². The van der Waals surface area contributed by atoms with E-state index in [4.69, 9.17) is 4.74 Å². The summed E-state index contributed by atoms with van der Waals surface area (Å²) in [5.41, 5.74) is 0. The Balaban J connectivity index is 1.52. The van der Waals surface area contributed by atoms with Crippen LogP contribution in [0.3, 0.4) is 0 Å². The molecule has 102 valence electrons. The van der Waals surface area contributed by atoms with Crippen molar-refractivity contribution >= 4 is 11.3 Å². The molecule has 1 saturated heterocycles. The van der Waals surface area contributed by atoms with Crippen LogP contribution in [-0.4, -0.2) is 50.8 Å². The van der Waals surface area contributed by atoms with Crippen molar-refractivity contribution in [3.8, 4) is 0 Å². The fourth-order valence-electron chi connectivity index (χ4n) is 2.36. The normalized spacial score (nSPS) is 17.4. The van der Waals surface area contributed by atoms with E-state index < -0.39 is 0 Å². The van der Waals surface area contributed by atoms with Crippen LogP contribution in [-0.2, 0) is 11.2 Å². The van der Waals surface area contributed by atoms with Crippen molar-refractivity contribution in [3.63, 3.8) is 0 Å². The molecule has 1 N–H and O–H groups in total. The molecule has 3 nitrogen and oxygen atoms in total. The number of likely N-dealkylation sites (N-methyl/N-ethyl adjacent to an activating group) is 1. The maximum absolute atomic E-state index is 5.39. The molecule has 18 heavy (non-hydrogen) atoms. The second-order valence-electron chi connectivity index (χ2n) is 4.90. The van der Waals surface area contributed by atoms with Gasteiger partial charge in [0, 0.05) is 43.8 Å². The van der Waals surface area contributed by atoms with Crippen LogP contribution >= 0.6 is 11.3 Å². The lowest BCUT2D eigenvalue weighted by molar-refractivity contribution is 0.0434. The summed E-state index contributed by atoms with van der Waals surface area (Å²) < 4.78 is 5.39. The van der Waals surface area contributed by atoms with E-state index in [2.05, 4.69) is 34.8 Å². The number of thiophene rings is 1. The van der Waals surface area contributed by atoms with E-state index in [1.807, 2.05) is 11.3 Å². The third-order valence-electron chi connectivity index (χ3n) is 3.58. The topological polar surface area (TPSA) is 24.5 Å². The van der Waals surface area contributed by atoms with Crippen molar-refractivity contribution in [3.05, 3.63) is 22.4 Å². The van der Waals surface area contributed by atoms with Crippen LogP contribution in [0.2, 0.25) is 0 Å². The number of ether oxygens (including phenoxy) is 1. The molecule has 1 fully saturated rings.